The van der Waals surface area contributed by atoms with Crippen LogP contribution in [0.3, 0.4) is 0 Å². The second kappa shape index (κ2) is 6.68. The normalized spacial score (nSPS) is 20.5. The third-order valence-corrected chi connectivity index (χ3v) is 4.04. The minimum Gasteiger partial charge on any atom is -0.320 e. The number of benzene rings is 2. The first-order valence-corrected chi connectivity index (χ1v) is 7.71. The van der Waals surface area contributed by atoms with E-state index in [4.69, 9.17) is 16.3 Å². The van der Waals surface area contributed by atoms with Crippen molar-refractivity contribution in [1.29, 1.82) is 0 Å². The van der Waals surface area contributed by atoms with Crippen molar-refractivity contribution in [2.24, 2.45) is 0 Å². The van der Waals surface area contributed by atoms with Gasteiger partial charge in [0.2, 0.25) is 6.35 Å². The molecule has 1 saturated heterocycles. The van der Waals surface area contributed by atoms with Crippen LogP contribution in [0.4, 0.5) is 0 Å². The summed E-state index contributed by atoms with van der Waals surface area (Å²) in [5.74, 6) is -0.295. The molecule has 0 aromatic heterocycles. The zero-order valence-corrected chi connectivity index (χ0v) is 13.6. The lowest BCUT2D eigenvalue weighted by molar-refractivity contribution is 0.0155. The minimum absolute atomic E-state index is 0.295. The number of hydrogen-bond donors (Lipinski definition) is 3. The summed E-state index contributed by atoms with van der Waals surface area (Å²) in [4.78, 5) is 12.2. The number of carbonyl (C=O) groups is 1. The fourth-order valence-electron chi connectivity index (χ4n) is 2.54. The lowest BCUT2D eigenvalue weighted by Crippen LogP contribution is -2.44. The first-order chi connectivity index (χ1) is 11.0. The number of hydrogen-bond acceptors (Lipinski definition) is 4. The molecule has 120 valence electrons. The minimum atomic E-state index is -0.635. The molecule has 1 aliphatic rings. The summed E-state index contributed by atoms with van der Waals surface area (Å²) < 4.78 is 5.80. The maximum absolute atomic E-state index is 12.2. The molecule has 0 radical (unpaired) electrons. The Hall–Kier alpha value is -1.92. The van der Waals surface area contributed by atoms with Gasteiger partial charge < -0.3 is 10.1 Å². The van der Waals surface area contributed by atoms with Crippen LogP contribution < -0.4 is 16.2 Å². The van der Waals surface area contributed by atoms with Gasteiger partial charge in [0.05, 0.1) is 10.6 Å². The van der Waals surface area contributed by atoms with Crippen molar-refractivity contribution in [2.75, 3.05) is 0 Å². The highest BCUT2D eigenvalue weighted by Gasteiger charge is 2.28. The van der Waals surface area contributed by atoms with Crippen molar-refractivity contribution in [3.05, 3.63) is 69.7 Å². The SMILES string of the molecule is Cc1ccc(C2NNC(NC(=O)c3ccccc3Cl)O2)c(C)c1. The quantitative estimate of drug-likeness (QED) is 0.809. The van der Waals surface area contributed by atoms with Crippen molar-refractivity contribution >= 4 is 17.5 Å². The summed E-state index contributed by atoms with van der Waals surface area (Å²) in [6, 6.07) is 13.0. The number of nitrogens with one attached hydrogen (secondary N) is 3. The van der Waals surface area contributed by atoms with Crippen LogP contribution in [0.15, 0.2) is 42.5 Å². The molecule has 0 spiro atoms. The summed E-state index contributed by atoms with van der Waals surface area (Å²) in [7, 11) is 0. The van der Waals surface area contributed by atoms with Crippen molar-refractivity contribution in [3.63, 3.8) is 0 Å². The largest absolute Gasteiger partial charge is 0.320 e. The molecule has 0 aliphatic carbocycles. The topological polar surface area (TPSA) is 62.4 Å². The third-order valence-electron chi connectivity index (χ3n) is 3.71. The summed E-state index contributed by atoms with van der Waals surface area (Å²) in [6.07, 6.45) is -0.961. The standard InChI is InChI=1S/C17H18ClN3O2/c1-10-7-8-12(11(2)9-10)16-20-21-17(23-16)19-15(22)13-5-3-4-6-14(13)18/h3-9,16-17,20-21H,1-2H3,(H,19,22). The van der Waals surface area contributed by atoms with E-state index in [0.29, 0.717) is 10.6 Å². The molecule has 23 heavy (non-hydrogen) atoms. The number of ether oxygens (including phenoxy) is 1. The summed E-state index contributed by atoms with van der Waals surface area (Å²) in [5.41, 5.74) is 9.71. The molecular formula is C17H18ClN3O2. The van der Waals surface area contributed by atoms with Crippen molar-refractivity contribution in [1.82, 2.24) is 16.2 Å². The monoisotopic (exact) mass is 331 g/mol. The van der Waals surface area contributed by atoms with E-state index in [1.165, 1.54) is 5.56 Å². The number of halogens is 1. The van der Waals surface area contributed by atoms with E-state index in [1.807, 2.05) is 26.0 Å². The van der Waals surface area contributed by atoms with Gasteiger partial charge in [-0.1, -0.05) is 47.5 Å². The van der Waals surface area contributed by atoms with E-state index in [2.05, 4.69) is 22.2 Å². The average molecular weight is 332 g/mol. The predicted molar refractivity (Wildman–Crippen MR) is 88.7 cm³/mol. The molecule has 2 aromatic carbocycles. The lowest BCUT2D eigenvalue weighted by atomic mass is 10.0. The molecule has 1 heterocycles. The van der Waals surface area contributed by atoms with Crippen molar-refractivity contribution in [2.45, 2.75) is 26.4 Å². The van der Waals surface area contributed by atoms with Gasteiger partial charge in [-0.2, -0.15) is 0 Å². The Morgan fingerprint density at radius 3 is 2.70 bits per heavy atom. The second-order valence-electron chi connectivity index (χ2n) is 5.50. The molecule has 0 saturated carbocycles. The van der Waals surface area contributed by atoms with Crippen LogP contribution >= 0.6 is 11.6 Å². The first-order valence-electron chi connectivity index (χ1n) is 7.33. The molecule has 3 rings (SSSR count). The lowest BCUT2D eigenvalue weighted by Gasteiger charge is -2.15. The molecule has 1 aliphatic heterocycles. The highest BCUT2D eigenvalue weighted by Crippen LogP contribution is 2.23. The molecule has 1 fully saturated rings. The number of amides is 1. The summed E-state index contributed by atoms with van der Waals surface area (Å²) in [5, 5.41) is 3.15. The van der Waals surface area contributed by atoms with Crippen LogP contribution in [0.1, 0.15) is 33.3 Å². The highest BCUT2D eigenvalue weighted by molar-refractivity contribution is 6.33. The van der Waals surface area contributed by atoms with E-state index in [1.54, 1.807) is 24.3 Å². The van der Waals surface area contributed by atoms with E-state index in [9.17, 15) is 4.79 Å². The molecule has 2 unspecified atom stereocenters. The number of aryl methyl sites for hydroxylation is 2. The van der Waals surface area contributed by atoms with E-state index >= 15 is 0 Å². The fourth-order valence-corrected chi connectivity index (χ4v) is 2.76. The molecule has 3 N–H and O–H groups in total. The summed E-state index contributed by atoms with van der Waals surface area (Å²) >= 11 is 6.03. The maximum atomic E-state index is 12.2. The Labute approximate surface area is 140 Å². The smallest absolute Gasteiger partial charge is 0.255 e. The molecule has 2 atom stereocenters. The van der Waals surface area contributed by atoms with Crippen molar-refractivity contribution in [3.8, 4) is 0 Å². The Morgan fingerprint density at radius 2 is 1.96 bits per heavy atom. The molecule has 5 nitrogen and oxygen atoms in total. The summed E-state index contributed by atoms with van der Waals surface area (Å²) in [6.45, 7) is 4.08. The van der Waals surface area contributed by atoms with Crippen LogP contribution in [-0.2, 0) is 4.74 Å². The maximum Gasteiger partial charge on any atom is 0.255 e. The number of carbonyl (C=O) groups excluding carboxylic acids is 1. The van der Waals surface area contributed by atoms with Crippen LogP contribution in [0, 0.1) is 13.8 Å². The van der Waals surface area contributed by atoms with Crippen LogP contribution in [0.5, 0.6) is 0 Å². The van der Waals surface area contributed by atoms with Gasteiger partial charge in [0.15, 0.2) is 6.23 Å². The Balaban J connectivity index is 1.66. The zero-order chi connectivity index (χ0) is 16.4. The van der Waals surface area contributed by atoms with E-state index in [0.717, 1.165) is 11.1 Å². The average Bonchev–Trinajstić information content (AvgIpc) is 2.95. The Kier molecular flexibility index (Phi) is 4.63. The van der Waals surface area contributed by atoms with Crippen molar-refractivity contribution < 1.29 is 9.53 Å². The molecule has 0 bridgehead atoms. The van der Waals surface area contributed by atoms with Gasteiger partial charge in [-0.3, -0.25) is 4.79 Å². The zero-order valence-electron chi connectivity index (χ0n) is 12.9. The van der Waals surface area contributed by atoms with E-state index in [-0.39, 0.29) is 12.1 Å². The Morgan fingerprint density at radius 1 is 1.17 bits per heavy atom. The Bertz CT molecular complexity index is 736. The van der Waals surface area contributed by atoms with Gasteiger partial charge in [0, 0.05) is 0 Å². The number of rotatable bonds is 3. The van der Waals surface area contributed by atoms with E-state index < -0.39 is 6.35 Å². The highest BCUT2D eigenvalue weighted by atomic mass is 35.5. The molecule has 2 aromatic rings. The second-order valence-corrected chi connectivity index (χ2v) is 5.91. The predicted octanol–water partition coefficient (Wildman–Crippen LogP) is 2.79. The number of hydrazine groups is 1. The van der Waals surface area contributed by atoms with Crippen LogP contribution in [0.2, 0.25) is 5.02 Å². The molecule has 6 heteroatoms. The van der Waals surface area contributed by atoms with Crippen LogP contribution in [0.25, 0.3) is 0 Å². The van der Waals surface area contributed by atoms with Gasteiger partial charge in [0.25, 0.3) is 5.91 Å². The molecule has 1 amide bonds. The fraction of sp³-hybridized carbons (Fsp3) is 0.235. The first kappa shape index (κ1) is 16.0. The van der Waals surface area contributed by atoms with Crippen LogP contribution in [-0.4, -0.2) is 12.3 Å². The van der Waals surface area contributed by atoms with Gasteiger partial charge in [-0.25, -0.2) is 10.9 Å². The van der Waals surface area contributed by atoms with Gasteiger partial charge in [-0.05, 0) is 37.1 Å². The third kappa shape index (κ3) is 3.54. The molecular weight excluding hydrogens is 314 g/mol. The van der Waals surface area contributed by atoms with Gasteiger partial charge >= 0.3 is 0 Å². The van der Waals surface area contributed by atoms with Gasteiger partial charge in [0.1, 0.15) is 0 Å². The van der Waals surface area contributed by atoms with Gasteiger partial charge in [-0.15, -0.1) is 0 Å².